The minimum absolute atomic E-state index is 0.262. The molecule has 2 aromatic carbocycles. The fraction of sp³-hybridized carbons (Fsp3) is 0.222. The highest BCUT2D eigenvalue weighted by Gasteiger charge is 2.15. The highest BCUT2D eigenvalue weighted by molar-refractivity contribution is 6.01. The number of hydrazine groups is 1. The Bertz CT molecular complexity index is 772. The van der Waals surface area contributed by atoms with Crippen molar-refractivity contribution in [2.24, 2.45) is 0 Å². The average Bonchev–Trinajstić information content (AvgIpc) is 2.58. The minimum Gasteiger partial charge on any atom is -0.497 e. The maximum absolute atomic E-state index is 12.3. The maximum atomic E-state index is 12.3. The first-order chi connectivity index (χ1) is 11.5. The van der Waals surface area contributed by atoms with E-state index < -0.39 is 5.91 Å². The van der Waals surface area contributed by atoms with Crippen LogP contribution in [0.5, 0.6) is 11.5 Å². The van der Waals surface area contributed by atoms with Gasteiger partial charge in [-0.25, -0.2) is 0 Å². The molecule has 0 atom stereocenters. The number of rotatable bonds is 4. The van der Waals surface area contributed by atoms with Crippen molar-refractivity contribution in [3.63, 3.8) is 0 Å². The van der Waals surface area contributed by atoms with Crippen LogP contribution in [0.1, 0.15) is 31.8 Å². The number of nitrogens with one attached hydrogen (secondary N) is 2. The van der Waals surface area contributed by atoms with Crippen molar-refractivity contribution >= 4 is 11.8 Å². The second-order valence-electron chi connectivity index (χ2n) is 5.29. The third-order valence-electron chi connectivity index (χ3n) is 3.57. The number of carbonyl (C=O) groups excluding carboxylic acids is 2. The molecule has 2 N–H and O–H groups in total. The van der Waals surface area contributed by atoms with Crippen LogP contribution in [0.15, 0.2) is 36.4 Å². The Morgan fingerprint density at radius 2 is 1.50 bits per heavy atom. The fourth-order valence-corrected chi connectivity index (χ4v) is 2.31. The highest BCUT2D eigenvalue weighted by Crippen LogP contribution is 2.23. The van der Waals surface area contributed by atoms with Crippen LogP contribution in [0.4, 0.5) is 0 Å². The van der Waals surface area contributed by atoms with Crippen LogP contribution in [-0.4, -0.2) is 26.0 Å². The Morgan fingerprint density at radius 3 is 2.08 bits per heavy atom. The lowest BCUT2D eigenvalue weighted by atomic mass is 10.1. The quantitative estimate of drug-likeness (QED) is 0.845. The van der Waals surface area contributed by atoms with Gasteiger partial charge in [-0.1, -0.05) is 17.7 Å². The summed E-state index contributed by atoms with van der Waals surface area (Å²) in [7, 11) is 2.97. The summed E-state index contributed by atoms with van der Waals surface area (Å²) in [5.74, 6) is 0.0160. The summed E-state index contributed by atoms with van der Waals surface area (Å²) >= 11 is 0. The second-order valence-corrected chi connectivity index (χ2v) is 5.29. The molecular formula is C18H20N2O4. The largest absolute Gasteiger partial charge is 0.497 e. The summed E-state index contributed by atoms with van der Waals surface area (Å²) in [6, 6.07) is 10.3. The van der Waals surface area contributed by atoms with Gasteiger partial charge in [0.25, 0.3) is 11.8 Å². The first kappa shape index (κ1) is 17.3. The van der Waals surface area contributed by atoms with E-state index in [1.54, 1.807) is 18.2 Å². The third-order valence-corrected chi connectivity index (χ3v) is 3.57. The van der Waals surface area contributed by atoms with E-state index in [9.17, 15) is 9.59 Å². The van der Waals surface area contributed by atoms with E-state index in [2.05, 4.69) is 10.9 Å². The molecule has 0 fully saturated rings. The zero-order chi connectivity index (χ0) is 17.7. The molecule has 0 aliphatic rings. The first-order valence-electron chi connectivity index (χ1n) is 7.36. The molecule has 6 heteroatoms. The Balaban J connectivity index is 2.11. The molecule has 2 rings (SSSR count). The van der Waals surface area contributed by atoms with Crippen LogP contribution in [0.3, 0.4) is 0 Å². The van der Waals surface area contributed by atoms with Crippen molar-refractivity contribution in [3.8, 4) is 11.5 Å². The maximum Gasteiger partial charge on any atom is 0.273 e. The van der Waals surface area contributed by atoms with Crippen molar-refractivity contribution in [1.29, 1.82) is 0 Å². The molecule has 0 bridgehead atoms. The van der Waals surface area contributed by atoms with E-state index in [4.69, 9.17) is 9.47 Å². The Morgan fingerprint density at radius 1 is 0.833 bits per heavy atom. The zero-order valence-electron chi connectivity index (χ0n) is 14.1. The van der Waals surface area contributed by atoms with Crippen molar-refractivity contribution in [2.75, 3.05) is 14.2 Å². The van der Waals surface area contributed by atoms with Gasteiger partial charge in [0.2, 0.25) is 0 Å². The van der Waals surface area contributed by atoms with Crippen LogP contribution >= 0.6 is 0 Å². The van der Waals surface area contributed by atoms with E-state index in [0.29, 0.717) is 17.1 Å². The van der Waals surface area contributed by atoms with Crippen molar-refractivity contribution in [2.45, 2.75) is 13.8 Å². The van der Waals surface area contributed by atoms with Gasteiger partial charge in [0.05, 0.1) is 19.8 Å². The number of carbonyl (C=O) groups is 2. The van der Waals surface area contributed by atoms with Gasteiger partial charge in [0.1, 0.15) is 11.5 Å². The summed E-state index contributed by atoms with van der Waals surface area (Å²) < 4.78 is 10.3. The van der Waals surface area contributed by atoms with Gasteiger partial charge in [-0.05, 0) is 43.7 Å². The van der Waals surface area contributed by atoms with Crippen LogP contribution in [0.2, 0.25) is 0 Å². The predicted octanol–water partition coefficient (Wildman–Crippen LogP) is 2.40. The number of hydrogen-bond donors (Lipinski definition) is 2. The normalized spacial score (nSPS) is 10.0. The lowest BCUT2D eigenvalue weighted by Crippen LogP contribution is -2.42. The summed E-state index contributed by atoms with van der Waals surface area (Å²) in [5, 5.41) is 0. The molecule has 0 spiro atoms. The molecule has 0 heterocycles. The first-order valence-corrected chi connectivity index (χ1v) is 7.36. The lowest BCUT2D eigenvalue weighted by Gasteiger charge is -2.12. The molecule has 2 aromatic rings. The fourth-order valence-electron chi connectivity index (χ4n) is 2.31. The molecule has 0 saturated heterocycles. The standard InChI is InChI=1S/C18H20N2O4/c1-11-5-7-14(12(2)9-11)17(21)19-20-18(22)15-10-13(23-3)6-8-16(15)24-4/h5-10H,1-4H3,(H,19,21)(H,20,22). The Kier molecular flexibility index (Phi) is 5.42. The molecule has 0 aliphatic carbocycles. The van der Waals surface area contributed by atoms with Gasteiger partial charge in [-0.3, -0.25) is 20.4 Å². The highest BCUT2D eigenvalue weighted by atomic mass is 16.5. The molecule has 24 heavy (non-hydrogen) atoms. The number of ether oxygens (including phenoxy) is 2. The molecule has 2 amide bonds. The topological polar surface area (TPSA) is 76.7 Å². The molecule has 0 unspecified atom stereocenters. The lowest BCUT2D eigenvalue weighted by molar-refractivity contribution is 0.0844. The SMILES string of the molecule is COc1ccc(OC)c(C(=O)NNC(=O)c2ccc(C)cc2C)c1. The zero-order valence-corrected chi connectivity index (χ0v) is 14.1. The Hall–Kier alpha value is -3.02. The second kappa shape index (κ2) is 7.50. The van der Waals surface area contributed by atoms with Crippen molar-refractivity contribution in [1.82, 2.24) is 10.9 Å². The number of methoxy groups -OCH3 is 2. The van der Waals surface area contributed by atoms with Crippen molar-refractivity contribution < 1.29 is 19.1 Å². The van der Waals surface area contributed by atoms with Gasteiger partial charge in [-0.2, -0.15) is 0 Å². The van der Waals surface area contributed by atoms with E-state index >= 15 is 0 Å². The van der Waals surface area contributed by atoms with Gasteiger partial charge in [-0.15, -0.1) is 0 Å². The van der Waals surface area contributed by atoms with Crippen LogP contribution in [0.25, 0.3) is 0 Å². The van der Waals surface area contributed by atoms with E-state index in [-0.39, 0.29) is 11.5 Å². The van der Waals surface area contributed by atoms with Gasteiger partial charge in [0.15, 0.2) is 0 Å². The molecule has 126 valence electrons. The third kappa shape index (κ3) is 3.84. The molecule has 0 saturated carbocycles. The molecule has 0 aromatic heterocycles. The molecule has 0 aliphatic heterocycles. The molecule has 6 nitrogen and oxygen atoms in total. The summed E-state index contributed by atoms with van der Waals surface area (Å²) in [4.78, 5) is 24.5. The average molecular weight is 328 g/mol. The Labute approximate surface area is 140 Å². The number of amides is 2. The van der Waals surface area contributed by atoms with Crippen LogP contribution < -0.4 is 20.3 Å². The molecular weight excluding hydrogens is 308 g/mol. The van der Waals surface area contributed by atoms with Gasteiger partial charge < -0.3 is 9.47 Å². The van der Waals surface area contributed by atoms with E-state index in [1.807, 2.05) is 26.0 Å². The van der Waals surface area contributed by atoms with E-state index in [0.717, 1.165) is 11.1 Å². The number of benzene rings is 2. The molecule has 0 radical (unpaired) electrons. The van der Waals surface area contributed by atoms with Crippen molar-refractivity contribution in [3.05, 3.63) is 58.7 Å². The van der Waals surface area contributed by atoms with Gasteiger partial charge >= 0.3 is 0 Å². The smallest absolute Gasteiger partial charge is 0.273 e. The monoisotopic (exact) mass is 328 g/mol. The predicted molar refractivity (Wildman–Crippen MR) is 90.4 cm³/mol. The summed E-state index contributed by atoms with van der Waals surface area (Å²) in [6.45, 7) is 3.79. The summed E-state index contributed by atoms with van der Waals surface area (Å²) in [6.07, 6.45) is 0. The van der Waals surface area contributed by atoms with Crippen LogP contribution in [-0.2, 0) is 0 Å². The minimum atomic E-state index is -0.496. The summed E-state index contributed by atoms with van der Waals surface area (Å²) in [5.41, 5.74) is 7.46. The van der Waals surface area contributed by atoms with Gasteiger partial charge in [0, 0.05) is 5.56 Å². The van der Waals surface area contributed by atoms with E-state index in [1.165, 1.54) is 20.3 Å². The number of hydrogen-bond acceptors (Lipinski definition) is 4. The number of aryl methyl sites for hydroxylation is 2. The van der Waals surface area contributed by atoms with Crippen LogP contribution in [0, 0.1) is 13.8 Å².